The fraction of sp³-hybridized carbons (Fsp3) is 0.478. The highest BCUT2D eigenvalue weighted by Crippen LogP contribution is 2.33. The van der Waals surface area contributed by atoms with Crippen LogP contribution in [-0.2, 0) is 9.59 Å². The van der Waals surface area contributed by atoms with Crippen LogP contribution >= 0.6 is 11.6 Å². The number of Topliss-reactive ketones (excluding diaryl/α,β-unsaturated/α-hetero) is 2. The van der Waals surface area contributed by atoms with E-state index in [1.54, 1.807) is 30.3 Å². The van der Waals surface area contributed by atoms with E-state index in [0.29, 0.717) is 36.5 Å². The Balaban J connectivity index is 1.82. The minimum atomic E-state index is -0.894. The number of aliphatic hydroxyl groups excluding tert-OH is 3. The van der Waals surface area contributed by atoms with Gasteiger partial charge in [-0.2, -0.15) is 0 Å². The van der Waals surface area contributed by atoms with E-state index < -0.39 is 24.7 Å². The van der Waals surface area contributed by atoms with Crippen LogP contribution in [0.2, 0.25) is 5.02 Å². The van der Waals surface area contributed by atoms with Crippen LogP contribution in [0.3, 0.4) is 0 Å². The molecule has 0 spiro atoms. The van der Waals surface area contributed by atoms with Gasteiger partial charge in [0.25, 0.3) is 0 Å². The van der Waals surface area contributed by atoms with Gasteiger partial charge in [-0.1, -0.05) is 42.0 Å². The van der Waals surface area contributed by atoms with E-state index in [2.05, 4.69) is 0 Å². The third-order valence-corrected chi connectivity index (χ3v) is 5.31. The van der Waals surface area contributed by atoms with Gasteiger partial charge in [-0.15, -0.1) is 0 Å². The molecule has 0 heterocycles. The summed E-state index contributed by atoms with van der Waals surface area (Å²) in [7, 11) is 0. The molecule has 0 aromatic heterocycles. The van der Waals surface area contributed by atoms with Crippen LogP contribution < -0.4 is 4.74 Å². The second kappa shape index (κ2) is 12.6. The topological polar surface area (TPSA) is 104 Å². The van der Waals surface area contributed by atoms with Crippen LogP contribution in [-0.4, -0.2) is 52.3 Å². The van der Waals surface area contributed by atoms with Gasteiger partial charge >= 0.3 is 0 Å². The van der Waals surface area contributed by atoms with Crippen molar-refractivity contribution >= 4 is 23.2 Å². The smallest absolute Gasteiger partial charge is 0.158 e. The molecule has 4 atom stereocenters. The summed E-state index contributed by atoms with van der Waals surface area (Å²) in [5.41, 5.74) is 0. The average Bonchev–Trinajstić information content (AvgIpc) is 2.99. The number of benzene rings is 1. The minimum absolute atomic E-state index is 0.0252. The number of carbonyl (C=O) groups excluding carboxylic acids is 2. The lowest BCUT2D eigenvalue weighted by molar-refractivity contribution is -0.122. The zero-order valence-electron chi connectivity index (χ0n) is 16.8. The standard InChI is InChI=1S/C23H29ClO6/c24-16-6-5-8-19(12-16)30-15-18(27)10-11-21-20(22(28)13-23(21)29)9-4-2-1-3-7-17(26)14-25/h2,4-6,8,10-12,18,20-22,25,27-28H,1,3,7,9,13-15H2/b4-2-,11-10+/t18-,20-,21-,22+/m1/s1. The zero-order valence-corrected chi connectivity index (χ0v) is 17.6. The van der Waals surface area contributed by atoms with Crippen LogP contribution in [0.1, 0.15) is 32.1 Å². The van der Waals surface area contributed by atoms with E-state index in [0.717, 1.165) is 0 Å². The lowest BCUT2D eigenvalue weighted by atomic mass is 9.90. The first-order chi connectivity index (χ1) is 14.4. The van der Waals surface area contributed by atoms with Crippen LogP contribution in [0, 0.1) is 11.8 Å². The Kier molecular flexibility index (Phi) is 10.2. The molecule has 6 nitrogen and oxygen atoms in total. The Morgan fingerprint density at radius 1 is 1.33 bits per heavy atom. The molecule has 1 aromatic rings. The van der Waals surface area contributed by atoms with Crippen molar-refractivity contribution < 1.29 is 29.6 Å². The first kappa shape index (κ1) is 24.3. The highest BCUT2D eigenvalue weighted by atomic mass is 35.5. The molecule has 2 rings (SSSR count). The fourth-order valence-electron chi connectivity index (χ4n) is 3.43. The normalized spacial score (nSPS) is 22.8. The molecule has 7 heteroatoms. The number of ketones is 2. The summed E-state index contributed by atoms with van der Waals surface area (Å²) in [4.78, 5) is 23.3. The molecule has 1 aliphatic carbocycles. The maximum Gasteiger partial charge on any atom is 0.158 e. The molecule has 3 N–H and O–H groups in total. The Morgan fingerprint density at radius 3 is 2.87 bits per heavy atom. The summed E-state index contributed by atoms with van der Waals surface area (Å²) in [6, 6.07) is 6.87. The molecule has 1 aromatic carbocycles. The molecule has 0 amide bonds. The van der Waals surface area contributed by atoms with Crippen LogP contribution in [0.5, 0.6) is 5.75 Å². The number of ether oxygens (including phenoxy) is 1. The first-order valence-electron chi connectivity index (χ1n) is 10.1. The van der Waals surface area contributed by atoms with Gasteiger partial charge in [0.1, 0.15) is 30.9 Å². The van der Waals surface area contributed by atoms with Gasteiger partial charge in [0.15, 0.2) is 5.78 Å². The maximum absolute atomic E-state index is 12.2. The molecular weight excluding hydrogens is 408 g/mol. The lowest BCUT2D eigenvalue weighted by Crippen LogP contribution is -2.20. The predicted molar refractivity (Wildman–Crippen MR) is 114 cm³/mol. The third-order valence-electron chi connectivity index (χ3n) is 5.07. The maximum atomic E-state index is 12.2. The number of unbranched alkanes of at least 4 members (excludes halogenated alkanes) is 1. The Morgan fingerprint density at radius 2 is 2.13 bits per heavy atom. The zero-order chi connectivity index (χ0) is 21.9. The van der Waals surface area contributed by atoms with Gasteiger partial charge in [0.05, 0.1) is 6.10 Å². The largest absolute Gasteiger partial charge is 0.491 e. The molecule has 1 saturated carbocycles. The molecule has 30 heavy (non-hydrogen) atoms. The molecule has 0 radical (unpaired) electrons. The first-order valence-corrected chi connectivity index (χ1v) is 10.5. The van der Waals surface area contributed by atoms with Crippen molar-refractivity contribution in [2.75, 3.05) is 13.2 Å². The van der Waals surface area contributed by atoms with Gasteiger partial charge in [-0.25, -0.2) is 0 Å². The SMILES string of the molecule is O=C(CO)CCC/C=C\C[C@H]1[C@@H](O)CC(=O)[C@@H]1/C=C/[C@@H](O)COc1cccc(Cl)c1. The fourth-order valence-corrected chi connectivity index (χ4v) is 3.61. The Hall–Kier alpha value is -1.99. The van der Waals surface area contributed by atoms with Gasteiger partial charge in [-0.3, -0.25) is 9.59 Å². The van der Waals surface area contributed by atoms with E-state index in [-0.39, 0.29) is 30.5 Å². The number of rotatable bonds is 12. The Labute approximate surface area is 181 Å². The van der Waals surface area contributed by atoms with Crippen LogP contribution in [0.4, 0.5) is 0 Å². The molecule has 0 bridgehead atoms. The summed E-state index contributed by atoms with van der Waals surface area (Å²) in [6.07, 6.45) is 7.74. The monoisotopic (exact) mass is 436 g/mol. The summed E-state index contributed by atoms with van der Waals surface area (Å²) >= 11 is 5.90. The number of hydrogen-bond acceptors (Lipinski definition) is 6. The second-order valence-corrected chi connectivity index (χ2v) is 7.88. The summed E-state index contributed by atoms with van der Waals surface area (Å²) in [5.74, 6) is -0.380. The average molecular weight is 437 g/mol. The van der Waals surface area contributed by atoms with Crippen molar-refractivity contribution in [3.63, 3.8) is 0 Å². The van der Waals surface area contributed by atoms with E-state index in [4.69, 9.17) is 21.4 Å². The lowest BCUT2D eigenvalue weighted by Gasteiger charge is -2.17. The van der Waals surface area contributed by atoms with Crippen LogP contribution in [0.25, 0.3) is 0 Å². The molecular formula is C23H29ClO6. The highest BCUT2D eigenvalue weighted by Gasteiger charge is 2.39. The number of hydrogen-bond donors (Lipinski definition) is 3. The van der Waals surface area contributed by atoms with Crippen molar-refractivity contribution in [1.29, 1.82) is 0 Å². The highest BCUT2D eigenvalue weighted by molar-refractivity contribution is 6.30. The van der Waals surface area contributed by atoms with Crippen LogP contribution in [0.15, 0.2) is 48.6 Å². The molecule has 1 aliphatic rings. The van der Waals surface area contributed by atoms with E-state index >= 15 is 0 Å². The number of halogens is 1. The second-order valence-electron chi connectivity index (χ2n) is 7.44. The van der Waals surface area contributed by atoms with Crippen molar-refractivity contribution in [2.24, 2.45) is 11.8 Å². The molecule has 164 valence electrons. The molecule has 0 saturated heterocycles. The number of allylic oxidation sites excluding steroid dienone is 3. The summed E-state index contributed by atoms with van der Waals surface area (Å²) < 4.78 is 5.50. The minimum Gasteiger partial charge on any atom is -0.491 e. The quantitative estimate of drug-likeness (QED) is 0.344. The summed E-state index contributed by atoms with van der Waals surface area (Å²) in [6.45, 7) is -0.401. The predicted octanol–water partition coefficient (Wildman–Crippen LogP) is 2.88. The van der Waals surface area contributed by atoms with E-state index in [9.17, 15) is 19.8 Å². The molecule has 0 aliphatic heterocycles. The van der Waals surface area contributed by atoms with Crippen molar-refractivity contribution in [3.05, 3.63) is 53.6 Å². The van der Waals surface area contributed by atoms with E-state index in [1.807, 2.05) is 12.2 Å². The van der Waals surface area contributed by atoms with E-state index in [1.165, 1.54) is 6.08 Å². The third kappa shape index (κ3) is 8.03. The Bertz CT molecular complexity index is 760. The van der Waals surface area contributed by atoms with Gasteiger partial charge in [0.2, 0.25) is 0 Å². The number of aliphatic hydroxyl groups is 3. The van der Waals surface area contributed by atoms with Crippen molar-refractivity contribution in [3.8, 4) is 5.75 Å². The van der Waals surface area contributed by atoms with Gasteiger partial charge in [0, 0.05) is 29.7 Å². The summed E-state index contributed by atoms with van der Waals surface area (Å²) in [5, 5.41) is 29.6. The van der Waals surface area contributed by atoms with Crippen molar-refractivity contribution in [2.45, 2.75) is 44.3 Å². The van der Waals surface area contributed by atoms with Crippen molar-refractivity contribution in [1.82, 2.24) is 0 Å². The van der Waals surface area contributed by atoms with Gasteiger partial charge in [-0.05, 0) is 37.5 Å². The van der Waals surface area contributed by atoms with Gasteiger partial charge < -0.3 is 20.1 Å². The molecule has 0 unspecified atom stereocenters. The molecule has 1 fully saturated rings. The number of carbonyl (C=O) groups is 2.